The fourth-order valence-electron chi connectivity index (χ4n) is 2.23. The topological polar surface area (TPSA) is 52.8 Å². The smallest absolute Gasteiger partial charge is 0.138 e. The second-order valence-electron chi connectivity index (χ2n) is 4.89. The minimum Gasteiger partial charge on any atom is -0.495 e. The van der Waals surface area contributed by atoms with Crippen LogP contribution in [0.1, 0.15) is 11.5 Å². The molecule has 0 aliphatic heterocycles. The van der Waals surface area contributed by atoms with Crippen LogP contribution in [0.2, 0.25) is 5.02 Å². The van der Waals surface area contributed by atoms with Crippen LogP contribution in [0.4, 0.5) is 0 Å². The van der Waals surface area contributed by atoms with E-state index in [9.17, 15) is 0 Å². The molecule has 0 saturated heterocycles. The van der Waals surface area contributed by atoms with Crippen LogP contribution in [0.5, 0.6) is 5.75 Å². The summed E-state index contributed by atoms with van der Waals surface area (Å²) < 4.78 is 7.28. The van der Waals surface area contributed by atoms with E-state index < -0.39 is 0 Å². The molecular formula is C16H16Cl2N4O. The summed E-state index contributed by atoms with van der Waals surface area (Å²) in [6, 6.07) is 7.66. The molecule has 0 aliphatic carbocycles. The number of aromatic nitrogens is 4. The molecule has 120 valence electrons. The summed E-state index contributed by atoms with van der Waals surface area (Å²) in [5, 5.41) is 8.86. The van der Waals surface area contributed by atoms with E-state index in [0.717, 1.165) is 22.6 Å². The lowest BCUT2D eigenvalue weighted by molar-refractivity contribution is 0.415. The Morgan fingerprint density at radius 2 is 2.04 bits per heavy atom. The lowest BCUT2D eigenvalue weighted by atomic mass is 10.1. The van der Waals surface area contributed by atoms with E-state index in [4.69, 9.17) is 16.3 Å². The van der Waals surface area contributed by atoms with Gasteiger partial charge < -0.3 is 9.30 Å². The fourth-order valence-corrected chi connectivity index (χ4v) is 2.43. The van der Waals surface area contributed by atoms with E-state index in [1.165, 1.54) is 0 Å². The second-order valence-corrected chi connectivity index (χ2v) is 5.29. The molecule has 0 fully saturated rings. The molecule has 3 rings (SSSR count). The number of rotatable bonds is 4. The maximum absolute atomic E-state index is 6.06. The average Bonchev–Trinajstić information content (AvgIpc) is 2.93. The van der Waals surface area contributed by atoms with Crippen LogP contribution in [0.3, 0.4) is 0 Å². The molecule has 1 aromatic carbocycles. The highest BCUT2D eigenvalue weighted by atomic mass is 35.5. The maximum Gasteiger partial charge on any atom is 0.138 e. The lowest BCUT2D eigenvalue weighted by Crippen LogP contribution is -2.04. The van der Waals surface area contributed by atoms with Gasteiger partial charge in [-0.1, -0.05) is 17.7 Å². The van der Waals surface area contributed by atoms with Crippen LogP contribution < -0.4 is 4.74 Å². The summed E-state index contributed by atoms with van der Waals surface area (Å²) in [5.74, 6) is 1.59. The van der Waals surface area contributed by atoms with Crippen molar-refractivity contribution in [2.24, 2.45) is 0 Å². The van der Waals surface area contributed by atoms with E-state index in [1.807, 2.05) is 42.0 Å². The Hall–Kier alpha value is -2.11. The lowest BCUT2D eigenvalue weighted by Gasteiger charge is -2.08. The van der Waals surface area contributed by atoms with Crippen LogP contribution in [-0.2, 0) is 6.54 Å². The van der Waals surface area contributed by atoms with E-state index in [0.29, 0.717) is 17.3 Å². The summed E-state index contributed by atoms with van der Waals surface area (Å²) in [7, 11) is 1.60. The molecule has 5 nitrogen and oxygen atoms in total. The number of halogens is 2. The Balaban J connectivity index is 0.00000192. The van der Waals surface area contributed by atoms with Crippen LogP contribution >= 0.6 is 24.0 Å². The Kier molecular flexibility index (Phi) is 5.58. The van der Waals surface area contributed by atoms with Gasteiger partial charge in [-0.15, -0.1) is 12.4 Å². The first kappa shape index (κ1) is 17.2. The van der Waals surface area contributed by atoms with Crippen molar-refractivity contribution in [3.05, 3.63) is 59.4 Å². The number of nitrogens with zero attached hydrogens (tertiary/aromatic N) is 4. The van der Waals surface area contributed by atoms with E-state index >= 15 is 0 Å². The van der Waals surface area contributed by atoms with Gasteiger partial charge in [0.25, 0.3) is 0 Å². The van der Waals surface area contributed by atoms with E-state index in [1.54, 1.807) is 19.5 Å². The number of hydrogen-bond acceptors (Lipinski definition) is 4. The van der Waals surface area contributed by atoms with Crippen molar-refractivity contribution < 1.29 is 4.74 Å². The molecule has 0 bridgehead atoms. The molecule has 7 heteroatoms. The minimum atomic E-state index is 0. The zero-order valence-electron chi connectivity index (χ0n) is 12.7. The fraction of sp³-hybridized carbons (Fsp3) is 0.188. The third kappa shape index (κ3) is 3.81. The normalized spacial score (nSPS) is 10.2. The summed E-state index contributed by atoms with van der Waals surface area (Å²) in [6.45, 7) is 2.60. The Morgan fingerprint density at radius 3 is 2.74 bits per heavy atom. The Morgan fingerprint density at radius 1 is 1.22 bits per heavy atom. The second kappa shape index (κ2) is 7.44. The molecule has 2 aromatic heterocycles. The van der Waals surface area contributed by atoms with Gasteiger partial charge in [0.15, 0.2) is 0 Å². The highest BCUT2D eigenvalue weighted by molar-refractivity contribution is 6.32. The molecule has 2 heterocycles. The third-order valence-electron chi connectivity index (χ3n) is 3.45. The molecule has 0 atom stereocenters. The quantitative estimate of drug-likeness (QED) is 0.718. The molecule has 0 saturated carbocycles. The molecule has 0 spiro atoms. The van der Waals surface area contributed by atoms with Crippen molar-refractivity contribution in [1.29, 1.82) is 0 Å². The van der Waals surface area contributed by atoms with Gasteiger partial charge >= 0.3 is 0 Å². The van der Waals surface area contributed by atoms with Crippen molar-refractivity contribution in [2.45, 2.75) is 13.5 Å². The highest BCUT2D eigenvalue weighted by Crippen LogP contribution is 2.30. The number of methoxy groups -OCH3 is 1. The zero-order valence-corrected chi connectivity index (χ0v) is 14.3. The number of ether oxygens (including phenoxy) is 1. The molecule has 0 radical (unpaired) electrons. The first-order chi connectivity index (χ1) is 10.7. The van der Waals surface area contributed by atoms with E-state index in [2.05, 4.69) is 15.2 Å². The van der Waals surface area contributed by atoms with Gasteiger partial charge in [0.05, 0.1) is 30.6 Å². The molecule has 3 aromatic rings. The van der Waals surface area contributed by atoms with Crippen molar-refractivity contribution in [3.8, 4) is 16.9 Å². The first-order valence-electron chi connectivity index (χ1n) is 6.80. The predicted molar refractivity (Wildman–Crippen MR) is 92.3 cm³/mol. The Bertz CT molecular complexity index is 804. The number of imidazole rings is 1. The molecule has 23 heavy (non-hydrogen) atoms. The average molecular weight is 351 g/mol. The largest absolute Gasteiger partial charge is 0.495 e. The summed E-state index contributed by atoms with van der Waals surface area (Å²) in [4.78, 5) is 4.21. The summed E-state index contributed by atoms with van der Waals surface area (Å²) >= 11 is 6.06. The van der Waals surface area contributed by atoms with Crippen molar-refractivity contribution in [1.82, 2.24) is 19.7 Å². The predicted octanol–water partition coefficient (Wildman–Crippen LogP) is 3.78. The van der Waals surface area contributed by atoms with Gasteiger partial charge in [-0.25, -0.2) is 4.98 Å². The van der Waals surface area contributed by atoms with Crippen LogP contribution in [0, 0.1) is 6.92 Å². The van der Waals surface area contributed by atoms with Gasteiger partial charge in [0, 0.05) is 18.0 Å². The van der Waals surface area contributed by atoms with Crippen LogP contribution in [0.15, 0.2) is 42.9 Å². The van der Waals surface area contributed by atoms with Crippen LogP contribution in [0.25, 0.3) is 11.1 Å². The standard InChI is InChI=1S/C16H15ClN4O.ClH/c1-11-18-5-6-21(11)10-14-7-13(9-19-20-14)12-3-4-15(17)16(8-12)22-2;/h3-9H,10H2,1-2H3;1H. The zero-order chi connectivity index (χ0) is 15.5. The van der Waals surface area contributed by atoms with Crippen LogP contribution in [-0.4, -0.2) is 26.9 Å². The maximum atomic E-state index is 6.06. The van der Waals surface area contributed by atoms with Gasteiger partial charge in [-0.05, 0) is 30.7 Å². The van der Waals surface area contributed by atoms with Gasteiger partial charge in [0.2, 0.25) is 0 Å². The highest BCUT2D eigenvalue weighted by Gasteiger charge is 2.07. The van der Waals surface area contributed by atoms with E-state index in [-0.39, 0.29) is 12.4 Å². The third-order valence-corrected chi connectivity index (χ3v) is 3.76. The Labute approximate surface area is 145 Å². The summed E-state index contributed by atoms with van der Waals surface area (Å²) in [6.07, 6.45) is 5.43. The molecular weight excluding hydrogens is 335 g/mol. The van der Waals surface area contributed by atoms with Gasteiger partial charge in [-0.3, -0.25) is 0 Å². The van der Waals surface area contributed by atoms with Crippen molar-refractivity contribution in [2.75, 3.05) is 7.11 Å². The van der Waals surface area contributed by atoms with Gasteiger partial charge in [-0.2, -0.15) is 10.2 Å². The molecule has 0 N–H and O–H groups in total. The number of hydrogen-bond donors (Lipinski definition) is 0. The molecule has 0 unspecified atom stereocenters. The molecule has 0 amide bonds. The minimum absolute atomic E-state index is 0. The summed E-state index contributed by atoms with van der Waals surface area (Å²) in [5.41, 5.74) is 2.82. The monoisotopic (exact) mass is 350 g/mol. The number of benzene rings is 1. The van der Waals surface area contributed by atoms with Gasteiger partial charge in [0.1, 0.15) is 11.6 Å². The SMILES string of the molecule is COc1cc(-c2cnnc(Cn3ccnc3C)c2)ccc1Cl.Cl. The van der Waals surface area contributed by atoms with Crippen molar-refractivity contribution >= 4 is 24.0 Å². The van der Waals surface area contributed by atoms with Crippen molar-refractivity contribution in [3.63, 3.8) is 0 Å². The number of aryl methyl sites for hydroxylation is 1. The molecule has 0 aliphatic rings. The first-order valence-corrected chi connectivity index (χ1v) is 7.18.